The summed E-state index contributed by atoms with van der Waals surface area (Å²) >= 11 is 0. The van der Waals surface area contributed by atoms with Crippen molar-refractivity contribution in [3.8, 4) is 0 Å². The topological polar surface area (TPSA) is 119 Å². The smallest absolute Gasteiger partial charge is 0.306 e. The van der Waals surface area contributed by atoms with Gasteiger partial charge in [0.15, 0.2) is 0 Å². The largest absolute Gasteiger partial charge is 0.469 e. The normalized spacial score (nSPS) is 35.0. The Labute approximate surface area is 271 Å². The Balaban J connectivity index is 0.00000133. The molecule has 2 N–H and O–H groups in total. The summed E-state index contributed by atoms with van der Waals surface area (Å²) in [6.07, 6.45) is 3.63. The molecule has 0 aromatic heterocycles. The number of allylic oxidation sites excluding steroid dienone is 2. The van der Waals surface area contributed by atoms with Crippen molar-refractivity contribution in [1.29, 1.82) is 0 Å². The van der Waals surface area contributed by atoms with E-state index in [9.17, 15) is 24.6 Å². The molecule has 0 heterocycles. The van der Waals surface area contributed by atoms with Crippen LogP contribution in [0.4, 0.5) is 0 Å². The Morgan fingerprint density at radius 3 is 2.13 bits per heavy atom. The summed E-state index contributed by atoms with van der Waals surface area (Å²) in [6.45, 7) is 24.3. The predicted molar refractivity (Wildman–Crippen MR) is 176 cm³/mol. The number of esters is 3. The number of aliphatic hydroxyl groups excluding tert-OH is 2. The van der Waals surface area contributed by atoms with Crippen molar-refractivity contribution in [1.82, 2.24) is 0 Å². The molecule has 0 radical (unpaired) electrons. The molecule has 0 aromatic carbocycles. The summed E-state index contributed by atoms with van der Waals surface area (Å²) in [5.41, 5.74) is 1.44. The Bertz CT molecular complexity index is 1140. The second-order valence-electron chi connectivity index (χ2n) is 14.3. The molecular formula is C37H60O8. The molecule has 0 bridgehead atoms. The number of aliphatic hydroxyl groups is 2. The molecule has 0 unspecified atom stereocenters. The minimum absolute atomic E-state index is 0.00289. The van der Waals surface area contributed by atoms with Gasteiger partial charge in [-0.25, -0.2) is 0 Å². The van der Waals surface area contributed by atoms with Crippen LogP contribution in [-0.4, -0.2) is 59.6 Å². The van der Waals surface area contributed by atoms with Gasteiger partial charge in [-0.1, -0.05) is 74.3 Å². The van der Waals surface area contributed by atoms with E-state index in [0.29, 0.717) is 12.3 Å². The van der Waals surface area contributed by atoms with Crippen LogP contribution in [0.5, 0.6) is 0 Å². The maximum absolute atomic E-state index is 12.7. The van der Waals surface area contributed by atoms with Gasteiger partial charge in [-0.05, 0) is 71.0 Å². The number of methoxy groups -OCH3 is 1. The van der Waals surface area contributed by atoms with Crippen molar-refractivity contribution in [3.63, 3.8) is 0 Å². The highest BCUT2D eigenvalue weighted by Crippen LogP contribution is 2.67. The Hall–Kier alpha value is -2.45. The van der Waals surface area contributed by atoms with E-state index >= 15 is 0 Å². The minimum Gasteiger partial charge on any atom is -0.469 e. The Kier molecular flexibility index (Phi) is 13.3. The number of fused-ring (bicyclic) bond motifs is 4. The standard InChI is InChI=1S/C32H48O8.C3H8.C2H4/c1-9-17(2)20-11-12-21-19-10-13-23-30(4,5)28(37)22(40-25(35)15-14-24(34)38-8)16-31(23,6)26(19)27(36)29(32(20,21)7)39-18(3)33;1-3-2;1-2/h12,17,20,22-23,27-29,36-37H,9-11,13-16H2,1-8H3;3H2,1-2H3;1-2H2/t17-,20-,22-,23+,27-,28+,29+,31+,32-;;/m1../s1. The van der Waals surface area contributed by atoms with Crippen molar-refractivity contribution in [2.45, 2.75) is 138 Å². The SMILES string of the molecule is C=C.CCC.CC[C@@H](C)[C@H]1CC=C2C3=C([C@@H](O)[C@H](OC(C)=O)[C@@]21C)[C@@]1(C)C[C@@H](OC(=O)CCC(=O)OC)[C@H](O)C(C)(C)[C@@H]1CC3. The van der Waals surface area contributed by atoms with Crippen LogP contribution >= 0.6 is 0 Å². The molecule has 1 fully saturated rings. The third-order valence-electron chi connectivity index (χ3n) is 11.1. The van der Waals surface area contributed by atoms with Crippen LogP contribution < -0.4 is 0 Å². The lowest BCUT2D eigenvalue weighted by Crippen LogP contribution is -2.63. The molecular weight excluding hydrogens is 572 g/mol. The zero-order valence-corrected chi connectivity index (χ0v) is 29.5. The van der Waals surface area contributed by atoms with Gasteiger partial charge in [0.05, 0.1) is 26.1 Å². The highest BCUT2D eigenvalue weighted by molar-refractivity contribution is 5.77. The summed E-state index contributed by atoms with van der Waals surface area (Å²) < 4.78 is 16.5. The second kappa shape index (κ2) is 15.4. The first-order valence-corrected chi connectivity index (χ1v) is 16.8. The van der Waals surface area contributed by atoms with E-state index < -0.39 is 58.6 Å². The van der Waals surface area contributed by atoms with Crippen molar-refractivity contribution >= 4 is 17.9 Å². The first-order chi connectivity index (χ1) is 21.1. The summed E-state index contributed by atoms with van der Waals surface area (Å²) in [6, 6.07) is 0. The lowest BCUT2D eigenvalue weighted by atomic mass is 9.45. The third-order valence-corrected chi connectivity index (χ3v) is 11.1. The van der Waals surface area contributed by atoms with Gasteiger partial charge in [0, 0.05) is 12.3 Å². The maximum atomic E-state index is 12.7. The van der Waals surface area contributed by atoms with E-state index in [4.69, 9.17) is 9.47 Å². The fourth-order valence-corrected chi connectivity index (χ4v) is 9.05. The van der Waals surface area contributed by atoms with E-state index in [1.807, 2.05) is 13.8 Å². The van der Waals surface area contributed by atoms with Crippen LogP contribution in [0.1, 0.15) is 114 Å². The maximum Gasteiger partial charge on any atom is 0.306 e. The fourth-order valence-electron chi connectivity index (χ4n) is 9.05. The molecule has 9 atom stereocenters. The molecule has 8 heteroatoms. The van der Waals surface area contributed by atoms with Gasteiger partial charge in [-0.15, -0.1) is 13.2 Å². The molecule has 45 heavy (non-hydrogen) atoms. The van der Waals surface area contributed by atoms with Crippen molar-refractivity contribution in [2.24, 2.45) is 34.0 Å². The van der Waals surface area contributed by atoms with Crippen molar-refractivity contribution in [3.05, 3.63) is 36.0 Å². The average molecular weight is 633 g/mol. The van der Waals surface area contributed by atoms with E-state index in [-0.39, 0.29) is 24.7 Å². The number of carbonyl (C=O) groups excluding carboxylic acids is 3. The lowest BCUT2D eigenvalue weighted by Gasteiger charge is -2.62. The predicted octanol–water partition coefficient (Wildman–Crippen LogP) is 6.88. The number of hydrogen-bond acceptors (Lipinski definition) is 8. The van der Waals surface area contributed by atoms with Crippen molar-refractivity contribution in [2.75, 3.05) is 7.11 Å². The first-order valence-electron chi connectivity index (χ1n) is 16.8. The summed E-state index contributed by atoms with van der Waals surface area (Å²) in [5, 5.41) is 23.6. The molecule has 0 aliphatic heterocycles. The molecule has 0 aromatic rings. The zero-order valence-electron chi connectivity index (χ0n) is 29.5. The van der Waals surface area contributed by atoms with Crippen LogP contribution in [0.15, 0.2) is 36.0 Å². The quantitative estimate of drug-likeness (QED) is 0.177. The second-order valence-corrected chi connectivity index (χ2v) is 14.3. The van der Waals surface area contributed by atoms with Gasteiger partial charge in [0.25, 0.3) is 0 Å². The van der Waals surface area contributed by atoms with Crippen LogP contribution in [0.3, 0.4) is 0 Å². The van der Waals surface area contributed by atoms with E-state index in [2.05, 4.69) is 65.5 Å². The van der Waals surface area contributed by atoms with Crippen molar-refractivity contribution < 1.29 is 38.8 Å². The Morgan fingerprint density at radius 1 is 1.02 bits per heavy atom. The van der Waals surface area contributed by atoms with Gasteiger partial charge in [0.2, 0.25) is 0 Å². The summed E-state index contributed by atoms with van der Waals surface area (Å²) in [4.78, 5) is 36.7. The van der Waals surface area contributed by atoms with Gasteiger partial charge in [0.1, 0.15) is 18.3 Å². The molecule has 0 saturated heterocycles. The van der Waals surface area contributed by atoms with Gasteiger partial charge in [-0.2, -0.15) is 0 Å². The molecule has 0 spiro atoms. The van der Waals surface area contributed by atoms with Gasteiger partial charge in [-0.3, -0.25) is 14.4 Å². The van der Waals surface area contributed by atoms with Gasteiger partial charge < -0.3 is 24.4 Å². The highest BCUT2D eigenvalue weighted by Gasteiger charge is 2.65. The average Bonchev–Trinajstić information content (AvgIpc) is 3.35. The van der Waals surface area contributed by atoms with E-state index in [1.165, 1.54) is 26.0 Å². The zero-order chi connectivity index (χ0) is 34.5. The van der Waals surface area contributed by atoms with E-state index in [1.54, 1.807) is 0 Å². The number of carbonyl (C=O) groups is 3. The van der Waals surface area contributed by atoms with Crippen LogP contribution in [0.2, 0.25) is 0 Å². The van der Waals surface area contributed by atoms with Gasteiger partial charge >= 0.3 is 17.9 Å². The lowest BCUT2D eigenvalue weighted by molar-refractivity contribution is -0.194. The summed E-state index contributed by atoms with van der Waals surface area (Å²) in [5.74, 6) is -0.862. The molecule has 1 saturated carbocycles. The highest BCUT2D eigenvalue weighted by atomic mass is 16.6. The number of hydrogen-bond donors (Lipinski definition) is 2. The first kappa shape index (κ1) is 38.7. The molecule has 4 aliphatic rings. The Morgan fingerprint density at radius 2 is 1.60 bits per heavy atom. The molecule has 256 valence electrons. The molecule has 8 nitrogen and oxygen atoms in total. The van der Waals surface area contributed by atoms with Crippen LogP contribution in [-0.2, 0) is 28.6 Å². The minimum atomic E-state index is -1.01. The fraction of sp³-hybridized carbons (Fsp3) is 0.757. The summed E-state index contributed by atoms with van der Waals surface area (Å²) in [7, 11) is 1.27. The molecule has 4 rings (SSSR count). The molecule has 4 aliphatic carbocycles. The molecule has 0 amide bonds. The van der Waals surface area contributed by atoms with Crippen LogP contribution in [0.25, 0.3) is 0 Å². The number of rotatable bonds is 7. The van der Waals surface area contributed by atoms with Crippen LogP contribution in [0, 0.1) is 34.0 Å². The number of ether oxygens (including phenoxy) is 3. The third kappa shape index (κ3) is 7.12. The van der Waals surface area contributed by atoms with E-state index in [0.717, 1.165) is 36.8 Å². The monoisotopic (exact) mass is 632 g/mol.